The van der Waals surface area contributed by atoms with Crippen LogP contribution in [0.2, 0.25) is 10.0 Å². The zero-order valence-electron chi connectivity index (χ0n) is 21.9. The SMILES string of the molecule is CCNC(=O)[C@H](CC)N(Cc1ccccc1Cl)C(=O)CN(c1ccc(OC)c(Cl)c1)S(=O)(=O)c1ccccc1. The lowest BCUT2D eigenvalue weighted by Gasteiger charge is -2.33. The first-order chi connectivity index (χ1) is 18.6. The van der Waals surface area contributed by atoms with E-state index in [1.165, 1.54) is 42.3 Å². The number of amides is 2. The Labute approximate surface area is 239 Å². The van der Waals surface area contributed by atoms with Gasteiger partial charge in [-0.15, -0.1) is 0 Å². The van der Waals surface area contributed by atoms with E-state index >= 15 is 0 Å². The number of carbonyl (C=O) groups excluding carboxylic acids is 2. The normalized spacial score (nSPS) is 11.9. The van der Waals surface area contributed by atoms with E-state index in [4.69, 9.17) is 27.9 Å². The third-order valence-electron chi connectivity index (χ3n) is 6.07. The summed E-state index contributed by atoms with van der Waals surface area (Å²) in [5, 5.41) is 3.37. The molecule has 3 rings (SSSR count). The molecular weight excluding hydrogens is 561 g/mol. The number of rotatable bonds is 12. The molecule has 2 amide bonds. The lowest BCUT2D eigenvalue weighted by atomic mass is 10.1. The smallest absolute Gasteiger partial charge is 0.264 e. The minimum absolute atomic E-state index is 0.00170. The second kappa shape index (κ2) is 13.7. The summed E-state index contributed by atoms with van der Waals surface area (Å²) in [6, 6.07) is 18.4. The Balaban J connectivity index is 2.09. The molecule has 0 fully saturated rings. The van der Waals surface area contributed by atoms with Crippen molar-refractivity contribution < 1.29 is 22.7 Å². The monoisotopic (exact) mass is 591 g/mol. The zero-order valence-corrected chi connectivity index (χ0v) is 24.3. The summed E-state index contributed by atoms with van der Waals surface area (Å²) in [5.41, 5.74) is 0.793. The molecule has 0 unspecified atom stereocenters. The van der Waals surface area contributed by atoms with Gasteiger partial charge in [-0.05, 0) is 55.3 Å². The molecule has 11 heteroatoms. The first-order valence-electron chi connectivity index (χ1n) is 12.4. The summed E-state index contributed by atoms with van der Waals surface area (Å²) in [6.45, 7) is 3.38. The van der Waals surface area contributed by atoms with Gasteiger partial charge in [-0.2, -0.15) is 0 Å². The van der Waals surface area contributed by atoms with Crippen molar-refractivity contribution in [3.63, 3.8) is 0 Å². The number of likely N-dealkylation sites (N-methyl/N-ethyl adjacent to an activating group) is 1. The third-order valence-corrected chi connectivity index (χ3v) is 8.52. The molecule has 0 heterocycles. The Morgan fingerprint density at radius 3 is 2.21 bits per heavy atom. The second-order valence-electron chi connectivity index (χ2n) is 8.58. The van der Waals surface area contributed by atoms with Crippen LogP contribution >= 0.6 is 23.2 Å². The van der Waals surface area contributed by atoms with Crippen molar-refractivity contribution in [1.29, 1.82) is 0 Å². The van der Waals surface area contributed by atoms with Crippen LogP contribution in [-0.4, -0.2) is 51.4 Å². The van der Waals surface area contributed by atoms with Gasteiger partial charge in [0.25, 0.3) is 10.0 Å². The fourth-order valence-corrected chi connectivity index (χ4v) is 5.96. The molecule has 0 aliphatic carbocycles. The average molecular weight is 593 g/mol. The molecule has 3 aromatic rings. The molecule has 8 nitrogen and oxygen atoms in total. The first-order valence-corrected chi connectivity index (χ1v) is 14.6. The van der Waals surface area contributed by atoms with Crippen LogP contribution in [0.5, 0.6) is 5.75 Å². The Morgan fingerprint density at radius 2 is 1.62 bits per heavy atom. The molecule has 208 valence electrons. The highest BCUT2D eigenvalue weighted by atomic mass is 35.5. The van der Waals surface area contributed by atoms with Crippen molar-refractivity contribution in [3.05, 3.63) is 88.4 Å². The summed E-state index contributed by atoms with van der Waals surface area (Å²) in [4.78, 5) is 28.3. The molecule has 3 aromatic carbocycles. The molecule has 0 saturated heterocycles. The number of methoxy groups -OCH3 is 1. The molecule has 1 atom stereocenters. The number of benzene rings is 3. The van der Waals surface area contributed by atoms with Crippen LogP contribution in [0.15, 0.2) is 77.7 Å². The molecule has 0 bridgehead atoms. The van der Waals surface area contributed by atoms with Crippen LogP contribution < -0.4 is 14.4 Å². The number of nitrogens with one attached hydrogen (secondary N) is 1. The van der Waals surface area contributed by atoms with Crippen molar-refractivity contribution in [3.8, 4) is 5.75 Å². The molecule has 1 N–H and O–H groups in total. The van der Waals surface area contributed by atoms with E-state index < -0.39 is 28.5 Å². The molecule has 0 radical (unpaired) electrons. The van der Waals surface area contributed by atoms with Gasteiger partial charge in [0.05, 0.1) is 22.7 Å². The summed E-state index contributed by atoms with van der Waals surface area (Å²) in [5.74, 6) is -0.573. The van der Waals surface area contributed by atoms with Gasteiger partial charge in [-0.1, -0.05) is 66.5 Å². The average Bonchev–Trinajstić information content (AvgIpc) is 2.93. The summed E-state index contributed by atoms with van der Waals surface area (Å²) < 4.78 is 33.8. The van der Waals surface area contributed by atoms with Gasteiger partial charge in [0.2, 0.25) is 11.8 Å². The van der Waals surface area contributed by atoms with Crippen LogP contribution in [0.1, 0.15) is 25.8 Å². The van der Waals surface area contributed by atoms with E-state index in [1.807, 2.05) is 0 Å². The maximum absolute atomic E-state index is 14.0. The predicted octanol–water partition coefficient (Wildman–Crippen LogP) is 5.14. The van der Waals surface area contributed by atoms with Crippen LogP contribution in [0, 0.1) is 0 Å². The first kappa shape index (κ1) is 30.3. The van der Waals surface area contributed by atoms with E-state index in [9.17, 15) is 18.0 Å². The number of ether oxygens (including phenoxy) is 1. The van der Waals surface area contributed by atoms with E-state index in [-0.39, 0.29) is 28.1 Å². The van der Waals surface area contributed by atoms with E-state index in [2.05, 4.69) is 5.32 Å². The minimum atomic E-state index is -4.20. The van der Waals surface area contributed by atoms with Crippen LogP contribution in [-0.2, 0) is 26.2 Å². The van der Waals surface area contributed by atoms with Gasteiger partial charge >= 0.3 is 0 Å². The van der Waals surface area contributed by atoms with Gasteiger partial charge < -0.3 is 15.0 Å². The highest BCUT2D eigenvalue weighted by molar-refractivity contribution is 7.92. The second-order valence-corrected chi connectivity index (χ2v) is 11.3. The zero-order chi connectivity index (χ0) is 28.6. The summed E-state index contributed by atoms with van der Waals surface area (Å²) >= 11 is 12.7. The van der Waals surface area contributed by atoms with Gasteiger partial charge in [0.15, 0.2) is 0 Å². The molecule has 0 saturated carbocycles. The highest BCUT2D eigenvalue weighted by Crippen LogP contribution is 2.32. The topological polar surface area (TPSA) is 96.0 Å². The number of hydrogen-bond acceptors (Lipinski definition) is 5. The minimum Gasteiger partial charge on any atom is -0.495 e. The molecule has 0 aliphatic heterocycles. The molecule has 0 spiro atoms. The number of halogens is 2. The van der Waals surface area contributed by atoms with Crippen molar-refractivity contribution in [2.75, 3.05) is 24.5 Å². The number of anilines is 1. The Bertz CT molecular complexity index is 1400. The molecule has 0 aliphatic rings. The Hall–Kier alpha value is -3.27. The van der Waals surface area contributed by atoms with E-state index in [0.717, 1.165) is 4.31 Å². The van der Waals surface area contributed by atoms with Crippen LogP contribution in [0.3, 0.4) is 0 Å². The van der Waals surface area contributed by atoms with Gasteiger partial charge in [-0.3, -0.25) is 13.9 Å². The van der Waals surface area contributed by atoms with E-state index in [1.54, 1.807) is 56.3 Å². The van der Waals surface area contributed by atoms with Crippen molar-refractivity contribution in [2.45, 2.75) is 37.8 Å². The number of sulfonamides is 1. The van der Waals surface area contributed by atoms with Crippen molar-refractivity contribution in [2.24, 2.45) is 0 Å². The third kappa shape index (κ3) is 7.23. The Morgan fingerprint density at radius 1 is 0.949 bits per heavy atom. The number of carbonyl (C=O) groups is 2. The largest absolute Gasteiger partial charge is 0.495 e. The quantitative estimate of drug-likeness (QED) is 0.314. The van der Waals surface area contributed by atoms with Gasteiger partial charge in [-0.25, -0.2) is 8.42 Å². The maximum atomic E-state index is 14.0. The molecule has 0 aromatic heterocycles. The van der Waals surface area contributed by atoms with Crippen LogP contribution in [0.25, 0.3) is 0 Å². The summed E-state index contributed by atoms with van der Waals surface area (Å²) in [7, 11) is -2.76. The lowest BCUT2D eigenvalue weighted by Crippen LogP contribution is -2.52. The predicted molar refractivity (Wildman–Crippen MR) is 154 cm³/mol. The fraction of sp³-hybridized carbons (Fsp3) is 0.286. The number of nitrogens with zero attached hydrogens (tertiary/aromatic N) is 2. The van der Waals surface area contributed by atoms with E-state index in [0.29, 0.717) is 29.3 Å². The van der Waals surface area contributed by atoms with Crippen LogP contribution in [0.4, 0.5) is 5.69 Å². The lowest BCUT2D eigenvalue weighted by molar-refractivity contribution is -0.140. The van der Waals surface area contributed by atoms with Gasteiger partial charge in [0.1, 0.15) is 18.3 Å². The maximum Gasteiger partial charge on any atom is 0.264 e. The summed E-state index contributed by atoms with van der Waals surface area (Å²) in [6.07, 6.45) is 0.307. The molecular formula is C28H31Cl2N3O5S. The molecule has 39 heavy (non-hydrogen) atoms. The van der Waals surface area contributed by atoms with Crippen molar-refractivity contribution in [1.82, 2.24) is 10.2 Å². The van der Waals surface area contributed by atoms with Crippen molar-refractivity contribution >= 4 is 50.7 Å². The fourth-order valence-electron chi connectivity index (χ4n) is 4.08. The van der Waals surface area contributed by atoms with Gasteiger partial charge in [0, 0.05) is 18.1 Å². The highest BCUT2D eigenvalue weighted by Gasteiger charge is 2.34. The standard InChI is InChI=1S/C28H31Cl2N3O5S/c1-4-25(28(35)31-5-2)32(18-20-11-9-10-14-23(20)29)27(34)19-33(21-15-16-26(38-3)24(30)17-21)39(36,37)22-12-7-6-8-13-22/h6-17,25H,4-5,18-19H2,1-3H3,(H,31,35)/t25-/m0/s1. The number of hydrogen-bond donors (Lipinski definition) is 1. The Kier molecular flexibility index (Phi) is 10.6.